The Morgan fingerprint density at radius 1 is 1.10 bits per heavy atom. The zero-order valence-corrected chi connectivity index (χ0v) is 17.0. The molecule has 3 aromatic rings. The van der Waals surface area contributed by atoms with E-state index < -0.39 is 0 Å². The number of thioether (sulfide) groups is 1. The van der Waals surface area contributed by atoms with E-state index >= 15 is 0 Å². The van der Waals surface area contributed by atoms with E-state index in [1.165, 1.54) is 35.2 Å². The van der Waals surface area contributed by atoms with Crippen molar-refractivity contribution in [2.24, 2.45) is 0 Å². The first-order valence-electron chi connectivity index (χ1n) is 9.05. The van der Waals surface area contributed by atoms with Gasteiger partial charge in [-0.3, -0.25) is 4.79 Å². The standard InChI is InChI=1S/C20H18FN3O3S2/c21-15-5-2-13(3-6-15)11-22-19-23-24-20(29-19)28-12-16(25)14-4-7-17-18(10-14)27-9-1-8-26-17/h2-7,10H,1,8-9,11-12H2,(H,22,23). The highest BCUT2D eigenvalue weighted by atomic mass is 32.2. The molecule has 0 saturated carbocycles. The molecule has 9 heteroatoms. The third-order valence-electron chi connectivity index (χ3n) is 4.16. The maximum atomic E-state index is 12.9. The average Bonchev–Trinajstić information content (AvgIpc) is 3.06. The molecule has 2 aromatic carbocycles. The lowest BCUT2D eigenvalue weighted by Gasteiger charge is -2.08. The number of carbonyl (C=O) groups is 1. The van der Waals surface area contributed by atoms with Crippen molar-refractivity contribution >= 4 is 34.0 Å². The highest BCUT2D eigenvalue weighted by molar-refractivity contribution is 8.01. The van der Waals surface area contributed by atoms with Gasteiger partial charge in [-0.05, 0) is 35.9 Å². The molecular weight excluding hydrogens is 413 g/mol. The Morgan fingerprint density at radius 3 is 2.72 bits per heavy atom. The van der Waals surface area contributed by atoms with Gasteiger partial charge >= 0.3 is 0 Å². The summed E-state index contributed by atoms with van der Waals surface area (Å²) in [5, 5.41) is 12.0. The molecule has 4 rings (SSSR count). The summed E-state index contributed by atoms with van der Waals surface area (Å²) in [6.07, 6.45) is 0.822. The van der Waals surface area contributed by atoms with Gasteiger partial charge in [0.15, 0.2) is 21.6 Å². The maximum absolute atomic E-state index is 12.9. The number of hydrogen-bond acceptors (Lipinski definition) is 8. The summed E-state index contributed by atoms with van der Waals surface area (Å²) in [5.74, 6) is 1.27. The van der Waals surface area contributed by atoms with Crippen LogP contribution in [-0.2, 0) is 6.54 Å². The third kappa shape index (κ3) is 5.24. The van der Waals surface area contributed by atoms with Crippen LogP contribution in [0.4, 0.5) is 9.52 Å². The number of ketones is 1. The Bertz CT molecular complexity index is 995. The number of rotatable bonds is 7. The Morgan fingerprint density at radius 2 is 1.90 bits per heavy atom. The molecule has 29 heavy (non-hydrogen) atoms. The molecule has 0 radical (unpaired) electrons. The molecule has 0 aliphatic carbocycles. The molecule has 0 amide bonds. The van der Waals surface area contributed by atoms with Gasteiger partial charge in [-0.15, -0.1) is 10.2 Å². The first-order chi connectivity index (χ1) is 14.2. The normalized spacial score (nSPS) is 13.0. The Labute approximate surface area is 175 Å². The number of carbonyl (C=O) groups excluding carboxylic acids is 1. The van der Waals surface area contributed by atoms with Crippen LogP contribution in [0.15, 0.2) is 46.8 Å². The van der Waals surface area contributed by atoms with Gasteiger partial charge in [-0.1, -0.05) is 35.2 Å². The van der Waals surface area contributed by atoms with Crippen molar-refractivity contribution in [1.29, 1.82) is 0 Å². The number of nitrogens with one attached hydrogen (secondary N) is 1. The highest BCUT2D eigenvalue weighted by Gasteiger charge is 2.15. The number of ether oxygens (including phenoxy) is 2. The van der Waals surface area contributed by atoms with Crippen LogP contribution in [0.1, 0.15) is 22.3 Å². The van der Waals surface area contributed by atoms with E-state index in [-0.39, 0.29) is 17.4 Å². The molecule has 0 saturated heterocycles. The second-order valence-corrected chi connectivity index (χ2v) is 8.48. The maximum Gasteiger partial charge on any atom is 0.206 e. The van der Waals surface area contributed by atoms with Gasteiger partial charge in [0.05, 0.1) is 19.0 Å². The summed E-state index contributed by atoms with van der Waals surface area (Å²) in [5.41, 5.74) is 1.53. The van der Waals surface area contributed by atoms with Crippen molar-refractivity contribution in [3.8, 4) is 11.5 Å². The van der Waals surface area contributed by atoms with Crippen molar-refractivity contribution in [3.05, 3.63) is 59.4 Å². The summed E-state index contributed by atoms with van der Waals surface area (Å²) >= 11 is 2.72. The molecule has 1 N–H and O–H groups in total. The molecule has 0 bridgehead atoms. The zero-order valence-electron chi connectivity index (χ0n) is 15.4. The lowest BCUT2D eigenvalue weighted by Crippen LogP contribution is -2.03. The highest BCUT2D eigenvalue weighted by Crippen LogP contribution is 2.32. The predicted molar refractivity (Wildman–Crippen MR) is 111 cm³/mol. The fourth-order valence-corrected chi connectivity index (χ4v) is 4.31. The van der Waals surface area contributed by atoms with Crippen LogP contribution in [0.3, 0.4) is 0 Å². The summed E-state index contributed by atoms with van der Waals surface area (Å²) in [6, 6.07) is 11.5. The molecule has 6 nitrogen and oxygen atoms in total. The molecule has 0 unspecified atom stereocenters. The summed E-state index contributed by atoms with van der Waals surface area (Å²) < 4.78 is 24.9. The van der Waals surface area contributed by atoms with E-state index in [1.54, 1.807) is 30.3 Å². The number of hydrogen-bond donors (Lipinski definition) is 1. The number of halogens is 1. The minimum Gasteiger partial charge on any atom is -0.490 e. The topological polar surface area (TPSA) is 73.3 Å². The summed E-state index contributed by atoms with van der Waals surface area (Å²) in [4.78, 5) is 12.5. The van der Waals surface area contributed by atoms with Crippen molar-refractivity contribution in [2.75, 3.05) is 24.3 Å². The Hall–Kier alpha value is -2.65. The largest absolute Gasteiger partial charge is 0.490 e. The van der Waals surface area contributed by atoms with Gasteiger partial charge in [0.2, 0.25) is 5.13 Å². The first-order valence-corrected chi connectivity index (χ1v) is 10.8. The Balaban J connectivity index is 1.30. The van der Waals surface area contributed by atoms with Crippen LogP contribution in [0.2, 0.25) is 0 Å². The van der Waals surface area contributed by atoms with Gasteiger partial charge in [0, 0.05) is 18.5 Å². The molecule has 1 aliphatic rings. The second kappa shape index (κ2) is 9.23. The summed E-state index contributed by atoms with van der Waals surface area (Å²) in [6.45, 7) is 1.72. The van der Waals surface area contributed by atoms with Gasteiger partial charge in [0.25, 0.3) is 0 Å². The lowest BCUT2D eigenvalue weighted by molar-refractivity contribution is 0.102. The fraction of sp³-hybridized carbons (Fsp3) is 0.250. The number of Topliss-reactive ketones (excluding diaryl/α,β-unsaturated/α-hetero) is 1. The number of anilines is 1. The van der Waals surface area contributed by atoms with E-state index in [2.05, 4.69) is 15.5 Å². The molecule has 1 aliphatic heterocycles. The van der Waals surface area contributed by atoms with Crippen molar-refractivity contribution < 1.29 is 18.7 Å². The molecule has 0 atom stereocenters. The van der Waals surface area contributed by atoms with E-state index in [1.807, 2.05) is 0 Å². The molecule has 0 fully saturated rings. The van der Waals surface area contributed by atoms with Crippen molar-refractivity contribution in [2.45, 2.75) is 17.3 Å². The SMILES string of the molecule is O=C(CSc1nnc(NCc2ccc(F)cc2)s1)c1ccc2c(c1)OCCCO2. The number of aromatic nitrogens is 2. The van der Waals surface area contributed by atoms with Crippen LogP contribution in [-0.4, -0.2) is 34.9 Å². The van der Waals surface area contributed by atoms with Gasteiger partial charge in [-0.25, -0.2) is 4.39 Å². The molecule has 150 valence electrons. The van der Waals surface area contributed by atoms with E-state index in [9.17, 15) is 9.18 Å². The minimum absolute atomic E-state index is 0.0123. The lowest BCUT2D eigenvalue weighted by atomic mass is 10.1. The van der Waals surface area contributed by atoms with Gasteiger partial charge in [0.1, 0.15) is 5.82 Å². The summed E-state index contributed by atoms with van der Waals surface area (Å²) in [7, 11) is 0. The van der Waals surface area contributed by atoms with E-state index in [0.717, 1.165) is 12.0 Å². The number of nitrogens with zero attached hydrogens (tertiary/aromatic N) is 2. The fourth-order valence-electron chi connectivity index (χ4n) is 2.67. The van der Waals surface area contributed by atoms with Gasteiger partial charge < -0.3 is 14.8 Å². The van der Waals surface area contributed by atoms with Gasteiger partial charge in [-0.2, -0.15) is 0 Å². The van der Waals surface area contributed by atoms with Crippen LogP contribution < -0.4 is 14.8 Å². The molecule has 2 heterocycles. The third-order valence-corrected chi connectivity index (χ3v) is 6.17. The van der Waals surface area contributed by atoms with Crippen LogP contribution in [0.5, 0.6) is 11.5 Å². The number of fused-ring (bicyclic) bond motifs is 1. The zero-order chi connectivity index (χ0) is 20.1. The van der Waals surface area contributed by atoms with E-state index in [4.69, 9.17) is 9.47 Å². The Kier molecular flexibility index (Phi) is 6.26. The number of benzene rings is 2. The van der Waals surface area contributed by atoms with Crippen molar-refractivity contribution in [3.63, 3.8) is 0 Å². The van der Waals surface area contributed by atoms with Crippen LogP contribution in [0.25, 0.3) is 0 Å². The second-order valence-electron chi connectivity index (χ2n) is 6.28. The predicted octanol–water partition coefficient (Wildman–Crippen LogP) is 4.43. The quantitative estimate of drug-likeness (QED) is 0.438. The monoisotopic (exact) mass is 431 g/mol. The average molecular weight is 432 g/mol. The minimum atomic E-state index is -0.262. The van der Waals surface area contributed by atoms with Crippen LogP contribution >= 0.6 is 23.1 Å². The molecule has 1 aromatic heterocycles. The van der Waals surface area contributed by atoms with Crippen LogP contribution in [0, 0.1) is 5.82 Å². The van der Waals surface area contributed by atoms with Crippen molar-refractivity contribution in [1.82, 2.24) is 10.2 Å². The van der Waals surface area contributed by atoms with E-state index in [0.29, 0.717) is 46.3 Å². The first kappa shape index (κ1) is 19.7. The molecule has 0 spiro atoms. The smallest absolute Gasteiger partial charge is 0.206 e. The molecular formula is C20H18FN3O3S2.